The highest BCUT2D eigenvalue weighted by Crippen LogP contribution is 2.24. The van der Waals surface area contributed by atoms with Crippen molar-refractivity contribution in [3.8, 4) is 17.3 Å². The lowest BCUT2D eigenvalue weighted by Gasteiger charge is -2.10. The summed E-state index contributed by atoms with van der Waals surface area (Å²) in [6, 6.07) is 9.66. The van der Waals surface area contributed by atoms with Crippen LogP contribution in [0.4, 0.5) is 0 Å². The lowest BCUT2D eigenvalue weighted by molar-refractivity contribution is -0.117. The number of rotatable bonds is 5. The zero-order chi connectivity index (χ0) is 17.6. The largest absolute Gasteiger partial charge is 0.376 e. The van der Waals surface area contributed by atoms with Gasteiger partial charge < -0.3 is 10.1 Å². The van der Waals surface area contributed by atoms with Gasteiger partial charge in [-0.05, 0) is 31.1 Å². The van der Waals surface area contributed by atoms with Gasteiger partial charge in [-0.1, -0.05) is 28.1 Å². The van der Waals surface area contributed by atoms with Gasteiger partial charge in [0.1, 0.15) is 11.6 Å². The fourth-order valence-corrected chi connectivity index (χ4v) is 2.93. The molecule has 6 nitrogen and oxygen atoms in total. The first-order valence-corrected chi connectivity index (χ1v) is 8.77. The average molecular weight is 401 g/mol. The Balaban J connectivity index is 1.76. The van der Waals surface area contributed by atoms with Gasteiger partial charge in [-0.3, -0.25) is 9.89 Å². The van der Waals surface area contributed by atoms with Crippen LogP contribution in [0.25, 0.3) is 17.3 Å². The normalized spacial score (nSPS) is 17.3. The summed E-state index contributed by atoms with van der Waals surface area (Å²) in [5, 5.41) is 19.1. The summed E-state index contributed by atoms with van der Waals surface area (Å²) < 4.78 is 6.44. The van der Waals surface area contributed by atoms with E-state index in [0.29, 0.717) is 12.1 Å². The Morgan fingerprint density at radius 1 is 1.48 bits per heavy atom. The number of hydrogen-bond acceptors (Lipinski definition) is 4. The van der Waals surface area contributed by atoms with Crippen molar-refractivity contribution in [2.24, 2.45) is 0 Å². The zero-order valence-corrected chi connectivity index (χ0v) is 15.0. The maximum Gasteiger partial charge on any atom is 0.262 e. The fourth-order valence-electron chi connectivity index (χ4n) is 2.66. The van der Waals surface area contributed by atoms with Gasteiger partial charge in [-0.2, -0.15) is 10.4 Å². The summed E-state index contributed by atoms with van der Waals surface area (Å²) in [5.74, 6) is -0.402. The Morgan fingerprint density at radius 3 is 2.96 bits per heavy atom. The number of nitrogens with one attached hydrogen (secondary N) is 2. The molecule has 0 unspecified atom stereocenters. The minimum atomic E-state index is -0.402. The molecule has 1 fully saturated rings. The highest BCUT2D eigenvalue weighted by molar-refractivity contribution is 9.10. The smallest absolute Gasteiger partial charge is 0.262 e. The number of aromatic amines is 1. The van der Waals surface area contributed by atoms with Crippen molar-refractivity contribution in [2.45, 2.75) is 18.9 Å². The summed E-state index contributed by atoms with van der Waals surface area (Å²) in [6.45, 7) is 1.15. The molecule has 0 bridgehead atoms. The van der Waals surface area contributed by atoms with Crippen molar-refractivity contribution in [1.29, 1.82) is 5.26 Å². The molecule has 3 rings (SSSR count). The van der Waals surface area contributed by atoms with E-state index in [-0.39, 0.29) is 11.7 Å². The number of benzene rings is 1. The van der Waals surface area contributed by atoms with Gasteiger partial charge in [-0.25, -0.2) is 0 Å². The van der Waals surface area contributed by atoms with Crippen LogP contribution in [0.3, 0.4) is 0 Å². The van der Waals surface area contributed by atoms with E-state index in [0.717, 1.165) is 35.2 Å². The zero-order valence-electron chi connectivity index (χ0n) is 13.5. The Hall–Kier alpha value is -2.43. The molecule has 0 aliphatic carbocycles. The summed E-state index contributed by atoms with van der Waals surface area (Å²) in [4.78, 5) is 12.3. The van der Waals surface area contributed by atoms with Gasteiger partial charge in [0.25, 0.3) is 5.91 Å². The molecule has 1 aromatic heterocycles. The second kappa shape index (κ2) is 8.10. The highest BCUT2D eigenvalue weighted by atomic mass is 79.9. The SMILES string of the molecule is N#C/C(=C\c1cn[nH]c1-c1ccc(Br)cc1)C(=O)NC[C@@H]1CCCO1. The predicted octanol–water partition coefficient (Wildman–Crippen LogP) is 3.04. The molecule has 0 spiro atoms. The maximum absolute atomic E-state index is 12.3. The van der Waals surface area contributed by atoms with Gasteiger partial charge in [0.15, 0.2) is 0 Å². The van der Waals surface area contributed by atoms with Crippen LogP contribution in [-0.4, -0.2) is 35.4 Å². The molecular weight excluding hydrogens is 384 g/mol. The molecule has 1 aliphatic heterocycles. The number of ether oxygens (including phenoxy) is 1. The minimum Gasteiger partial charge on any atom is -0.376 e. The molecule has 1 atom stereocenters. The standard InChI is InChI=1S/C18H17BrN4O2/c19-15-5-3-12(4-6-15)17-14(10-22-23-17)8-13(9-20)18(24)21-11-16-2-1-7-25-16/h3-6,8,10,16H,1-2,7,11H2,(H,21,24)(H,22,23)/b13-8+/t16-/m0/s1. The number of nitriles is 1. The number of carbonyl (C=O) groups is 1. The van der Waals surface area contributed by atoms with E-state index in [1.165, 1.54) is 0 Å². The Labute approximate surface area is 154 Å². The van der Waals surface area contributed by atoms with Gasteiger partial charge in [-0.15, -0.1) is 0 Å². The number of aromatic nitrogens is 2. The van der Waals surface area contributed by atoms with E-state index in [4.69, 9.17) is 4.74 Å². The quantitative estimate of drug-likeness (QED) is 0.595. The van der Waals surface area contributed by atoms with Gasteiger partial charge in [0, 0.05) is 28.8 Å². The van der Waals surface area contributed by atoms with Crippen LogP contribution in [0.5, 0.6) is 0 Å². The lowest BCUT2D eigenvalue weighted by atomic mass is 10.1. The third-order valence-corrected chi connectivity index (χ3v) is 4.51. The van der Waals surface area contributed by atoms with Gasteiger partial charge in [0.05, 0.1) is 18.0 Å². The van der Waals surface area contributed by atoms with Crippen LogP contribution >= 0.6 is 15.9 Å². The van der Waals surface area contributed by atoms with Crippen LogP contribution in [0, 0.1) is 11.3 Å². The monoisotopic (exact) mass is 400 g/mol. The fraction of sp³-hybridized carbons (Fsp3) is 0.278. The summed E-state index contributed by atoms with van der Waals surface area (Å²) in [7, 11) is 0. The van der Waals surface area contributed by atoms with Crippen molar-refractivity contribution in [3.05, 3.63) is 46.1 Å². The Kier molecular flexibility index (Phi) is 5.64. The van der Waals surface area contributed by atoms with Crippen LogP contribution in [0.2, 0.25) is 0 Å². The molecular formula is C18H17BrN4O2. The summed E-state index contributed by atoms with van der Waals surface area (Å²) in [5.41, 5.74) is 2.40. The molecule has 2 heterocycles. The molecule has 1 aliphatic rings. The van der Waals surface area contributed by atoms with E-state index in [2.05, 4.69) is 31.4 Å². The third kappa shape index (κ3) is 4.35. The first kappa shape index (κ1) is 17.4. The van der Waals surface area contributed by atoms with Crippen LogP contribution in [0.1, 0.15) is 18.4 Å². The van der Waals surface area contributed by atoms with E-state index in [1.54, 1.807) is 12.3 Å². The van der Waals surface area contributed by atoms with Crippen molar-refractivity contribution < 1.29 is 9.53 Å². The molecule has 1 amide bonds. The molecule has 7 heteroatoms. The number of H-pyrrole nitrogens is 1. The van der Waals surface area contributed by atoms with Crippen molar-refractivity contribution in [2.75, 3.05) is 13.2 Å². The van der Waals surface area contributed by atoms with Crippen molar-refractivity contribution in [3.63, 3.8) is 0 Å². The van der Waals surface area contributed by atoms with E-state index in [9.17, 15) is 10.1 Å². The molecule has 2 aromatic rings. The molecule has 0 radical (unpaired) electrons. The van der Waals surface area contributed by atoms with E-state index in [1.807, 2.05) is 30.3 Å². The van der Waals surface area contributed by atoms with Crippen LogP contribution < -0.4 is 5.32 Å². The molecule has 0 saturated carbocycles. The number of amides is 1. The second-order valence-electron chi connectivity index (χ2n) is 5.72. The predicted molar refractivity (Wildman–Crippen MR) is 97.3 cm³/mol. The topological polar surface area (TPSA) is 90.8 Å². The van der Waals surface area contributed by atoms with Crippen LogP contribution in [-0.2, 0) is 9.53 Å². The summed E-state index contributed by atoms with van der Waals surface area (Å²) in [6.07, 6.45) is 5.12. The number of carbonyl (C=O) groups excluding carboxylic acids is 1. The van der Waals surface area contributed by atoms with Crippen molar-refractivity contribution >= 4 is 27.9 Å². The van der Waals surface area contributed by atoms with Crippen molar-refractivity contribution in [1.82, 2.24) is 15.5 Å². The minimum absolute atomic E-state index is 0.0381. The lowest BCUT2D eigenvalue weighted by Crippen LogP contribution is -2.32. The molecule has 1 aromatic carbocycles. The van der Waals surface area contributed by atoms with E-state index >= 15 is 0 Å². The maximum atomic E-state index is 12.3. The van der Waals surface area contributed by atoms with Gasteiger partial charge in [0.2, 0.25) is 0 Å². The van der Waals surface area contributed by atoms with Gasteiger partial charge >= 0.3 is 0 Å². The first-order valence-electron chi connectivity index (χ1n) is 7.98. The highest BCUT2D eigenvalue weighted by Gasteiger charge is 2.18. The summed E-state index contributed by atoms with van der Waals surface area (Å²) >= 11 is 3.40. The first-order chi connectivity index (χ1) is 12.2. The Bertz CT molecular complexity index is 814. The third-order valence-electron chi connectivity index (χ3n) is 3.98. The second-order valence-corrected chi connectivity index (χ2v) is 6.64. The Morgan fingerprint density at radius 2 is 2.28 bits per heavy atom. The molecule has 1 saturated heterocycles. The van der Waals surface area contributed by atoms with Crippen LogP contribution in [0.15, 0.2) is 40.5 Å². The molecule has 2 N–H and O–H groups in total. The number of hydrogen-bond donors (Lipinski definition) is 2. The molecule has 25 heavy (non-hydrogen) atoms. The number of nitrogens with zero attached hydrogens (tertiary/aromatic N) is 2. The number of halogens is 1. The molecule has 128 valence electrons. The van der Waals surface area contributed by atoms with E-state index < -0.39 is 5.91 Å². The average Bonchev–Trinajstić information content (AvgIpc) is 3.30.